The highest BCUT2D eigenvalue weighted by Gasteiger charge is 2.08. The van der Waals surface area contributed by atoms with Gasteiger partial charge in [0.15, 0.2) is 0 Å². The average molecular weight is 294 g/mol. The Bertz CT molecular complexity index is 808. The van der Waals surface area contributed by atoms with Gasteiger partial charge in [0, 0.05) is 16.5 Å². The van der Waals surface area contributed by atoms with Gasteiger partial charge in [-0.05, 0) is 42.8 Å². The molecule has 0 N–H and O–H groups in total. The van der Waals surface area contributed by atoms with Gasteiger partial charge >= 0.3 is 0 Å². The molecule has 0 aliphatic carbocycles. The third-order valence-electron chi connectivity index (χ3n) is 3.10. The van der Waals surface area contributed by atoms with E-state index in [0.29, 0.717) is 5.56 Å². The third kappa shape index (κ3) is 2.83. The molecule has 1 heterocycles. The molecule has 0 saturated carbocycles. The lowest BCUT2D eigenvalue weighted by Gasteiger charge is -2.00. The minimum atomic E-state index is -0.250. The molecule has 0 saturated heterocycles. The molecule has 0 aliphatic rings. The van der Waals surface area contributed by atoms with Crippen molar-refractivity contribution in [1.82, 2.24) is 4.98 Å². The fourth-order valence-electron chi connectivity index (χ4n) is 2.11. The van der Waals surface area contributed by atoms with E-state index in [9.17, 15) is 4.39 Å². The highest BCUT2D eigenvalue weighted by Crippen LogP contribution is 2.29. The summed E-state index contributed by atoms with van der Waals surface area (Å²) in [6.45, 7) is 1.86. The first-order valence-corrected chi connectivity index (χ1v) is 7.27. The first-order valence-electron chi connectivity index (χ1n) is 6.39. The summed E-state index contributed by atoms with van der Waals surface area (Å²) in [4.78, 5) is 4.56. The number of hydrogen-bond donors (Lipinski definition) is 0. The van der Waals surface area contributed by atoms with E-state index in [-0.39, 0.29) is 5.82 Å². The lowest BCUT2D eigenvalue weighted by atomic mass is 10.1. The van der Waals surface area contributed by atoms with Crippen molar-refractivity contribution in [1.29, 1.82) is 5.26 Å². The molecular formula is C17H11FN2S. The predicted molar refractivity (Wildman–Crippen MR) is 82.4 cm³/mol. The van der Waals surface area contributed by atoms with Crippen molar-refractivity contribution < 1.29 is 4.39 Å². The number of benzene rings is 2. The maximum atomic E-state index is 13.5. The number of nitriles is 1. The van der Waals surface area contributed by atoms with E-state index in [2.05, 4.69) is 11.1 Å². The topological polar surface area (TPSA) is 36.7 Å². The smallest absolute Gasteiger partial charge is 0.124 e. The summed E-state index contributed by atoms with van der Waals surface area (Å²) in [5.41, 5.74) is 4.07. The second-order valence-electron chi connectivity index (χ2n) is 4.74. The Balaban J connectivity index is 1.97. The number of nitrogens with zero attached hydrogens (tertiary/aromatic N) is 2. The number of hydrogen-bond acceptors (Lipinski definition) is 3. The minimum Gasteiger partial charge on any atom is -0.236 e. The Morgan fingerprint density at radius 1 is 1.10 bits per heavy atom. The molecule has 0 fully saturated rings. The largest absolute Gasteiger partial charge is 0.236 e. The van der Waals surface area contributed by atoms with Gasteiger partial charge in [0.05, 0.1) is 17.3 Å². The van der Waals surface area contributed by atoms with Crippen LogP contribution >= 0.6 is 11.3 Å². The number of rotatable bonds is 2. The molecule has 1 aromatic heterocycles. The Morgan fingerprint density at radius 2 is 1.86 bits per heavy atom. The van der Waals surface area contributed by atoms with E-state index in [1.165, 1.54) is 23.5 Å². The van der Waals surface area contributed by atoms with Gasteiger partial charge in [-0.25, -0.2) is 9.37 Å². The van der Waals surface area contributed by atoms with Crippen molar-refractivity contribution in [2.24, 2.45) is 0 Å². The van der Waals surface area contributed by atoms with Crippen LogP contribution in [0.1, 0.15) is 11.1 Å². The number of aryl methyl sites for hydroxylation is 1. The summed E-state index contributed by atoms with van der Waals surface area (Å²) >= 11 is 1.48. The fraction of sp³-hybridized carbons (Fsp3) is 0.0588. The van der Waals surface area contributed by atoms with Crippen molar-refractivity contribution >= 4 is 11.3 Å². The zero-order chi connectivity index (χ0) is 14.8. The molecule has 0 amide bonds. The molecule has 0 unspecified atom stereocenters. The van der Waals surface area contributed by atoms with Crippen molar-refractivity contribution in [3.63, 3.8) is 0 Å². The second-order valence-corrected chi connectivity index (χ2v) is 5.60. The molecular weight excluding hydrogens is 283 g/mol. The molecule has 102 valence electrons. The zero-order valence-electron chi connectivity index (χ0n) is 11.3. The standard InChI is InChI=1S/C17H11FN2S/c1-11-6-14(8-15(18)7-11)17-20-16(10-21-17)13-4-2-12(9-19)3-5-13/h2-8,10H,1H3. The Kier molecular flexibility index (Phi) is 3.51. The maximum Gasteiger partial charge on any atom is 0.124 e. The Labute approximate surface area is 126 Å². The van der Waals surface area contributed by atoms with Crippen molar-refractivity contribution in [2.75, 3.05) is 0 Å². The summed E-state index contributed by atoms with van der Waals surface area (Å²) in [7, 11) is 0. The lowest BCUT2D eigenvalue weighted by Crippen LogP contribution is -1.84. The zero-order valence-corrected chi connectivity index (χ0v) is 12.1. The normalized spacial score (nSPS) is 10.3. The summed E-state index contributed by atoms with van der Waals surface area (Å²) in [5.74, 6) is -0.250. The third-order valence-corrected chi connectivity index (χ3v) is 3.99. The molecule has 0 atom stereocenters. The predicted octanol–water partition coefficient (Wildman–Crippen LogP) is 4.80. The van der Waals surface area contributed by atoms with Crippen LogP contribution in [0.3, 0.4) is 0 Å². The quantitative estimate of drug-likeness (QED) is 0.681. The molecule has 0 radical (unpaired) electrons. The molecule has 21 heavy (non-hydrogen) atoms. The molecule has 0 bridgehead atoms. The van der Waals surface area contributed by atoms with Crippen LogP contribution in [-0.2, 0) is 0 Å². The second kappa shape index (κ2) is 5.47. The van der Waals surface area contributed by atoms with Gasteiger partial charge in [-0.3, -0.25) is 0 Å². The van der Waals surface area contributed by atoms with Gasteiger partial charge in [0.25, 0.3) is 0 Å². The van der Waals surface area contributed by atoms with Gasteiger partial charge in [0.2, 0.25) is 0 Å². The van der Waals surface area contributed by atoms with Crippen LogP contribution in [-0.4, -0.2) is 4.98 Å². The molecule has 2 aromatic carbocycles. The Morgan fingerprint density at radius 3 is 2.52 bits per heavy atom. The van der Waals surface area contributed by atoms with Gasteiger partial charge < -0.3 is 0 Å². The molecule has 3 rings (SSSR count). The molecule has 2 nitrogen and oxygen atoms in total. The van der Waals surface area contributed by atoms with Gasteiger partial charge in [-0.2, -0.15) is 5.26 Å². The summed E-state index contributed by atoms with van der Waals surface area (Å²) in [5, 5.41) is 11.5. The monoisotopic (exact) mass is 294 g/mol. The van der Waals surface area contributed by atoms with E-state index in [1.54, 1.807) is 12.1 Å². The Hall–Kier alpha value is -2.51. The van der Waals surface area contributed by atoms with Crippen molar-refractivity contribution in [3.05, 3.63) is 64.8 Å². The van der Waals surface area contributed by atoms with Crippen LogP contribution in [0, 0.1) is 24.1 Å². The van der Waals surface area contributed by atoms with Crippen LogP contribution < -0.4 is 0 Å². The first kappa shape index (κ1) is 13.5. The highest BCUT2D eigenvalue weighted by atomic mass is 32.1. The fourth-order valence-corrected chi connectivity index (χ4v) is 2.93. The van der Waals surface area contributed by atoms with Crippen LogP contribution in [0.5, 0.6) is 0 Å². The van der Waals surface area contributed by atoms with Crippen LogP contribution in [0.2, 0.25) is 0 Å². The first-order chi connectivity index (χ1) is 10.2. The number of halogens is 1. The average Bonchev–Trinajstić information content (AvgIpc) is 2.96. The van der Waals surface area contributed by atoms with E-state index >= 15 is 0 Å². The molecule has 3 aromatic rings. The van der Waals surface area contributed by atoms with Gasteiger partial charge in [-0.1, -0.05) is 12.1 Å². The summed E-state index contributed by atoms with van der Waals surface area (Å²) in [6, 6.07) is 14.3. The van der Waals surface area contributed by atoms with Crippen LogP contribution in [0.15, 0.2) is 47.8 Å². The van der Waals surface area contributed by atoms with Crippen molar-refractivity contribution in [2.45, 2.75) is 6.92 Å². The highest BCUT2D eigenvalue weighted by molar-refractivity contribution is 7.13. The number of aromatic nitrogens is 1. The molecule has 0 spiro atoms. The SMILES string of the molecule is Cc1cc(F)cc(-c2nc(-c3ccc(C#N)cc3)cs2)c1. The number of thiazole rings is 1. The van der Waals surface area contributed by atoms with E-state index in [0.717, 1.165) is 27.4 Å². The maximum absolute atomic E-state index is 13.5. The lowest BCUT2D eigenvalue weighted by molar-refractivity contribution is 0.627. The van der Waals surface area contributed by atoms with Gasteiger partial charge in [-0.15, -0.1) is 11.3 Å². The van der Waals surface area contributed by atoms with Crippen LogP contribution in [0.25, 0.3) is 21.8 Å². The minimum absolute atomic E-state index is 0.250. The summed E-state index contributed by atoms with van der Waals surface area (Å²) in [6.07, 6.45) is 0. The van der Waals surface area contributed by atoms with E-state index in [1.807, 2.05) is 30.5 Å². The molecule has 0 aliphatic heterocycles. The van der Waals surface area contributed by atoms with Crippen molar-refractivity contribution in [3.8, 4) is 27.9 Å². The molecule has 4 heteroatoms. The van der Waals surface area contributed by atoms with Gasteiger partial charge in [0.1, 0.15) is 10.8 Å². The summed E-state index contributed by atoms with van der Waals surface area (Å²) < 4.78 is 13.5. The van der Waals surface area contributed by atoms with E-state index in [4.69, 9.17) is 5.26 Å². The van der Waals surface area contributed by atoms with E-state index < -0.39 is 0 Å². The van der Waals surface area contributed by atoms with Crippen LogP contribution in [0.4, 0.5) is 4.39 Å².